The van der Waals surface area contributed by atoms with Crippen LogP contribution in [0.1, 0.15) is 18.2 Å². The van der Waals surface area contributed by atoms with Gasteiger partial charge in [-0.15, -0.1) is 0 Å². The molecule has 226 valence electrons. The number of hydrogen-bond donors (Lipinski definition) is 0. The monoisotopic (exact) mass is 631 g/mol. The van der Waals surface area contributed by atoms with Gasteiger partial charge in [0.1, 0.15) is 17.2 Å². The normalized spacial score (nSPS) is 16.4. The predicted molar refractivity (Wildman–Crippen MR) is 174 cm³/mol. The largest absolute Gasteiger partial charge is 0.450 e. The molecular formula is C30H29N7O5S2. The predicted octanol–water partition coefficient (Wildman–Crippen LogP) is 3.18. The first-order chi connectivity index (χ1) is 21.2. The highest BCUT2D eigenvalue weighted by atomic mass is 32.2. The van der Waals surface area contributed by atoms with E-state index in [0.29, 0.717) is 49.0 Å². The molecular weight excluding hydrogens is 603 g/mol. The molecule has 1 aromatic carbocycles. The number of anilines is 2. The van der Waals surface area contributed by atoms with E-state index in [4.69, 9.17) is 21.9 Å². The molecule has 2 aliphatic rings. The van der Waals surface area contributed by atoms with Crippen LogP contribution in [0, 0.1) is 6.92 Å². The van der Waals surface area contributed by atoms with Crippen molar-refractivity contribution in [2.75, 3.05) is 42.6 Å². The van der Waals surface area contributed by atoms with Gasteiger partial charge in [-0.3, -0.25) is 28.4 Å². The van der Waals surface area contributed by atoms with Gasteiger partial charge in [-0.05, 0) is 44.2 Å². The summed E-state index contributed by atoms with van der Waals surface area (Å²) in [5, 5.41) is 0. The Morgan fingerprint density at radius 3 is 2.43 bits per heavy atom. The SMILES string of the molecule is CCOC(=O)N1CCN(c2nc3ccccn3c(=O)c2C=C2SC(=S)N(c3c(C)n(C)n(-c4ccccc4)c3=O)C2=O)CC1. The molecule has 0 saturated carbocycles. The molecule has 0 aliphatic carbocycles. The number of thiocarbonyl (C=S) groups is 1. The fourth-order valence-electron chi connectivity index (χ4n) is 5.38. The van der Waals surface area contributed by atoms with Crippen molar-refractivity contribution in [1.29, 1.82) is 0 Å². The standard InChI is InChI=1S/C30H29N7O5S2/c1-4-42-29(41)34-16-14-33(15-17-34)25-21(26(38)35-13-9-8-12-23(35)31-25)18-22-27(39)36(30(43)44-22)24-19(2)32(3)37(28(24)40)20-10-6-5-7-11-20/h5-13,18H,4,14-17H2,1-3H3. The molecule has 0 spiro atoms. The minimum absolute atomic E-state index is 0.158. The van der Waals surface area contributed by atoms with Crippen LogP contribution in [-0.4, -0.2) is 72.8 Å². The van der Waals surface area contributed by atoms with Crippen molar-refractivity contribution in [2.45, 2.75) is 13.8 Å². The third kappa shape index (κ3) is 4.99. The molecule has 5 heterocycles. The summed E-state index contributed by atoms with van der Waals surface area (Å²) in [5.74, 6) is -0.0982. The summed E-state index contributed by atoms with van der Waals surface area (Å²) in [4.78, 5) is 63.5. The fraction of sp³-hybridized carbons (Fsp3) is 0.267. The molecule has 44 heavy (non-hydrogen) atoms. The zero-order valence-electron chi connectivity index (χ0n) is 24.3. The van der Waals surface area contributed by atoms with E-state index in [9.17, 15) is 19.2 Å². The highest BCUT2D eigenvalue weighted by Crippen LogP contribution is 2.37. The Morgan fingerprint density at radius 2 is 1.73 bits per heavy atom. The highest BCUT2D eigenvalue weighted by Gasteiger charge is 2.38. The first kappa shape index (κ1) is 29.4. The summed E-state index contributed by atoms with van der Waals surface area (Å²) in [6, 6.07) is 14.4. The summed E-state index contributed by atoms with van der Waals surface area (Å²) in [5.41, 5.74) is 1.29. The first-order valence-corrected chi connectivity index (χ1v) is 15.2. The van der Waals surface area contributed by atoms with E-state index in [0.717, 1.165) is 11.8 Å². The number of carbonyl (C=O) groups excluding carboxylic acids is 2. The minimum atomic E-state index is -0.498. The minimum Gasteiger partial charge on any atom is -0.450 e. The van der Waals surface area contributed by atoms with Gasteiger partial charge in [0.15, 0.2) is 4.32 Å². The second kappa shape index (κ2) is 11.8. The smallest absolute Gasteiger partial charge is 0.409 e. The summed E-state index contributed by atoms with van der Waals surface area (Å²) < 4.78 is 9.92. The van der Waals surface area contributed by atoms with Crippen LogP contribution in [0.3, 0.4) is 0 Å². The van der Waals surface area contributed by atoms with Gasteiger partial charge in [0.25, 0.3) is 17.0 Å². The van der Waals surface area contributed by atoms with Crippen molar-refractivity contribution in [3.8, 4) is 5.69 Å². The fourth-order valence-corrected chi connectivity index (χ4v) is 6.63. The van der Waals surface area contributed by atoms with Crippen molar-refractivity contribution in [1.82, 2.24) is 23.6 Å². The highest BCUT2D eigenvalue weighted by molar-refractivity contribution is 8.27. The Morgan fingerprint density at radius 1 is 1.02 bits per heavy atom. The lowest BCUT2D eigenvalue weighted by Gasteiger charge is -2.35. The number of piperazine rings is 1. The molecule has 6 rings (SSSR count). The van der Waals surface area contributed by atoms with Crippen LogP contribution >= 0.6 is 24.0 Å². The van der Waals surface area contributed by atoms with Gasteiger partial charge in [0.2, 0.25) is 0 Å². The van der Waals surface area contributed by atoms with Crippen LogP contribution in [0.4, 0.5) is 16.3 Å². The number of amides is 2. The molecule has 0 unspecified atom stereocenters. The van der Waals surface area contributed by atoms with Gasteiger partial charge < -0.3 is 14.5 Å². The molecule has 4 aromatic rings. The number of hydrogen-bond acceptors (Lipinski definition) is 9. The van der Waals surface area contributed by atoms with Crippen molar-refractivity contribution in [3.63, 3.8) is 0 Å². The lowest BCUT2D eigenvalue weighted by molar-refractivity contribution is -0.113. The van der Waals surface area contributed by atoms with E-state index in [1.165, 1.54) is 20.1 Å². The van der Waals surface area contributed by atoms with Crippen LogP contribution in [0.2, 0.25) is 0 Å². The Labute approximate surface area is 261 Å². The Bertz CT molecular complexity index is 1960. The molecule has 3 aromatic heterocycles. The van der Waals surface area contributed by atoms with E-state index < -0.39 is 5.91 Å². The molecule has 12 nitrogen and oxygen atoms in total. The summed E-state index contributed by atoms with van der Waals surface area (Å²) >= 11 is 6.65. The lowest BCUT2D eigenvalue weighted by Crippen LogP contribution is -2.49. The number of carbonyl (C=O) groups is 2. The van der Waals surface area contributed by atoms with Crippen LogP contribution in [0.25, 0.3) is 17.4 Å². The number of benzene rings is 1. The van der Waals surface area contributed by atoms with Crippen LogP contribution in [0.5, 0.6) is 0 Å². The van der Waals surface area contributed by atoms with Gasteiger partial charge in [-0.25, -0.2) is 14.5 Å². The third-order valence-electron chi connectivity index (χ3n) is 7.67. The van der Waals surface area contributed by atoms with Crippen molar-refractivity contribution >= 4 is 63.5 Å². The second-order valence-electron chi connectivity index (χ2n) is 10.2. The van der Waals surface area contributed by atoms with E-state index in [-0.39, 0.29) is 44.3 Å². The van der Waals surface area contributed by atoms with Gasteiger partial charge in [0, 0.05) is 39.4 Å². The van der Waals surface area contributed by atoms with Gasteiger partial charge in [-0.2, -0.15) is 0 Å². The Hall–Kier alpha value is -4.69. The van der Waals surface area contributed by atoms with Crippen molar-refractivity contribution in [3.05, 3.63) is 91.6 Å². The number of ether oxygens (including phenoxy) is 1. The van der Waals surface area contributed by atoms with Gasteiger partial charge in [0.05, 0.1) is 28.5 Å². The van der Waals surface area contributed by atoms with E-state index in [1.807, 2.05) is 35.2 Å². The summed E-state index contributed by atoms with van der Waals surface area (Å²) in [6.07, 6.45) is 2.75. The summed E-state index contributed by atoms with van der Waals surface area (Å²) in [7, 11) is 1.75. The average Bonchev–Trinajstić information content (AvgIpc) is 3.43. The molecule has 0 atom stereocenters. The Balaban J connectivity index is 1.40. The first-order valence-electron chi connectivity index (χ1n) is 14.0. The van der Waals surface area contributed by atoms with Crippen LogP contribution in [-0.2, 0) is 16.6 Å². The number of thioether (sulfide) groups is 1. The molecule has 0 radical (unpaired) electrons. The van der Waals surface area contributed by atoms with Crippen molar-refractivity contribution in [2.24, 2.45) is 7.05 Å². The molecule has 2 fully saturated rings. The zero-order valence-corrected chi connectivity index (χ0v) is 25.9. The van der Waals surface area contributed by atoms with E-state index in [1.54, 1.807) is 54.9 Å². The maximum atomic E-state index is 13.9. The number of aromatic nitrogens is 4. The van der Waals surface area contributed by atoms with Gasteiger partial charge >= 0.3 is 6.09 Å². The third-order valence-corrected chi connectivity index (χ3v) is 8.97. The van der Waals surface area contributed by atoms with Gasteiger partial charge in [-0.1, -0.05) is 48.2 Å². The number of para-hydroxylation sites is 1. The number of pyridine rings is 1. The molecule has 2 aliphatic heterocycles. The van der Waals surface area contributed by atoms with Crippen LogP contribution < -0.4 is 20.9 Å². The molecule has 2 amide bonds. The topological polar surface area (TPSA) is 114 Å². The van der Waals surface area contributed by atoms with E-state index >= 15 is 0 Å². The van der Waals surface area contributed by atoms with Crippen molar-refractivity contribution < 1.29 is 14.3 Å². The number of fused-ring (bicyclic) bond motifs is 1. The van der Waals surface area contributed by atoms with Crippen LogP contribution in [0.15, 0.2) is 69.2 Å². The molecule has 2 saturated heterocycles. The lowest BCUT2D eigenvalue weighted by atomic mass is 10.2. The summed E-state index contributed by atoms with van der Waals surface area (Å²) in [6.45, 7) is 5.40. The van der Waals surface area contributed by atoms with E-state index in [2.05, 4.69) is 0 Å². The molecule has 0 N–H and O–H groups in total. The average molecular weight is 632 g/mol. The number of rotatable bonds is 5. The molecule has 0 bridgehead atoms. The quantitative estimate of drug-likeness (QED) is 0.242. The maximum Gasteiger partial charge on any atom is 0.409 e. The molecule has 14 heteroatoms. The number of nitrogens with zero attached hydrogens (tertiary/aromatic N) is 7. The second-order valence-corrected chi connectivity index (χ2v) is 11.9. The Kier molecular flexibility index (Phi) is 7.86. The zero-order chi connectivity index (χ0) is 31.1. The maximum absolute atomic E-state index is 13.9.